The van der Waals surface area contributed by atoms with Crippen LogP contribution in [0.5, 0.6) is 0 Å². The van der Waals surface area contributed by atoms with E-state index in [-0.39, 0.29) is 5.78 Å². The number of nitrogens with zero attached hydrogens (tertiary/aromatic N) is 5. The average molecular weight is 454 g/mol. The second-order valence-corrected chi connectivity index (χ2v) is 9.25. The number of carbonyl (C=O) groups is 1. The fourth-order valence-corrected chi connectivity index (χ4v) is 5.27. The van der Waals surface area contributed by atoms with Gasteiger partial charge in [-0.25, -0.2) is 0 Å². The Kier molecular flexibility index (Phi) is 6.71. The van der Waals surface area contributed by atoms with E-state index in [1.54, 1.807) is 0 Å². The summed E-state index contributed by atoms with van der Waals surface area (Å²) in [6, 6.07) is 8.48. The standard InChI is InChI=1S/C24H31N5O2S/c1-6-28-23(27-7-9-31-10-8-27)25-26-24(28)32-15-22(30)21-14-18(4)29(19(21)5)20-12-16(2)11-17(3)13-20/h11-14H,6-10,15H2,1-5H3. The van der Waals surface area contributed by atoms with E-state index in [0.29, 0.717) is 19.0 Å². The first-order valence-corrected chi connectivity index (χ1v) is 12.1. The normalized spacial score (nSPS) is 14.2. The summed E-state index contributed by atoms with van der Waals surface area (Å²) in [5.41, 5.74) is 6.34. The van der Waals surface area contributed by atoms with Crippen LogP contribution in [0, 0.1) is 27.7 Å². The molecule has 170 valence electrons. The van der Waals surface area contributed by atoms with Gasteiger partial charge in [0, 0.05) is 42.3 Å². The molecular weight excluding hydrogens is 422 g/mol. The highest BCUT2D eigenvalue weighted by molar-refractivity contribution is 7.99. The maximum atomic E-state index is 13.2. The Morgan fingerprint density at radius 1 is 1.03 bits per heavy atom. The van der Waals surface area contributed by atoms with Crippen LogP contribution in [0.3, 0.4) is 0 Å². The number of thioether (sulfide) groups is 1. The number of benzene rings is 1. The van der Waals surface area contributed by atoms with Crippen molar-refractivity contribution in [2.75, 3.05) is 37.0 Å². The highest BCUT2D eigenvalue weighted by atomic mass is 32.2. The molecule has 0 amide bonds. The Morgan fingerprint density at radius 2 is 1.72 bits per heavy atom. The molecule has 0 spiro atoms. The van der Waals surface area contributed by atoms with E-state index in [2.05, 4.69) is 70.1 Å². The Hall–Kier alpha value is -2.58. The zero-order chi connectivity index (χ0) is 22.8. The van der Waals surface area contributed by atoms with Crippen molar-refractivity contribution in [3.05, 3.63) is 52.3 Å². The number of aryl methyl sites for hydroxylation is 3. The lowest BCUT2D eigenvalue weighted by Crippen LogP contribution is -2.38. The topological polar surface area (TPSA) is 65.2 Å². The van der Waals surface area contributed by atoms with Gasteiger partial charge in [0.2, 0.25) is 5.95 Å². The summed E-state index contributed by atoms with van der Waals surface area (Å²) < 4.78 is 9.70. The molecule has 1 aromatic carbocycles. The SMILES string of the molecule is CCn1c(SCC(=O)c2cc(C)n(-c3cc(C)cc(C)c3)c2C)nnc1N1CCOCC1. The molecule has 0 atom stereocenters. The minimum absolute atomic E-state index is 0.109. The number of anilines is 1. The molecule has 0 radical (unpaired) electrons. The van der Waals surface area contributed by atoms with Crippen LogP contribution in [-0.2, 0) is 11.3 Å². The van der Waals surface area contributed by atoms with Crippen molar-refractivity contribution >= 4 is 23.5 Å². The van der Waals surface area contributed by atoms with Gasteiger partial charge in [-0.1, -0.05) is 17.8 Å². The number of ketones is 1. The molecule has 1 saturated heterocycles. The van der Waals surface area contributed by atoms with Crippen molar-refractivity contribution in [1.29, 1.82) is 0 Å². The lowest BCUT2D eigenvalue weighted by molar-refractivity contribution is 0.102. The maximum absolute atomic E-state index is 13.2. The van der Waals surface area contributed by atoms with Crippen LogP contribution in [-0.4, -0.2) is 57.2 Å². The van der Waals surface area contributed by atoms with Crippen molar-refractivity contribution in [3.63, 3.8) is 0 Å². The van der Waals surface area contributed by atoms with E-state index in [1.165, 1.54) is 22.9 Å². The molecule has 0 saturated carbocycles. The quantitative estimate of drug-likeness (QED) is 0.396. The van der Waals surface area contributed by atoms with E-state index >= 15 is 0 Å². The maximum Gasteiger partial charge on any atom is 0.228 e. The summed E-state index contributed by atoms with van der Waals surface area (Å²) in [4.78, 5) is 15.4. The first-order chi connectivity index (χ1) is 15.4. The summed E-state index contributed by atoms with van der Waals surface area (Å²) in [5.74, 6) is 1.30. The molecule has 1 fully saturated rings. The Bertz CT molecular complexity index is 1110. The van der Waals surface area contributed by atoms with E-state index in [4.69, 9.17) is 4.74 Å². The summed E-state index contributed by atoms with van der Waals surface area (Å²) >= 11 is 1.46. The molecular formula is C24H31N5O2S. The minimum Gasteiger partial charge on any atom is -0.378 e. The summed E-state index contributed by atoms with van der Waals surface area (Å²) in [7, 11) is 0. The van der Waals surface area contributed by atoms with Gasteiger partial charge in [0.25, 0.3) is 0 Å². The molecule has 7 nitrogen and oxygen atoms in total. The third-order valence-corrected chi connectivity index (χ3v) is 6.80. The van der Waals surface area contributed by atoms with Crippen molar-refractivity contribution in [3.8, 4) is 5.69 Å². The van der Waals surface area contributed by atoms with Crippen molar-refractivity contribution in [2.45, 2.75) is 46.3 Å². The van der Waals surface area contributed by atoms with E-state index in [0.717, 1.165) is 53.4 Å². The molecule has 32 heavy (non-hydrogen) atoms. The summed E-state index contributed by atoms with van der Waals surface area (Å²) in [6.45, 7) is 14.1. The Morgan fingerprint density at radius 3 is 2.38 bits per heavy atom. The van der Waals surface area contributed by atoms with Gasteiger partial charge in [-0.3, -0.25) is 9.36 Å². The lowest BCUT2D eigenvalue weighted by atomic mass is 10.1. The van der Waals surface area contributed by atoms with Gasteiger partial charge in [-0.15, -0.1) is 10.2 Å². The predicted octanol–water partition coefficient (Wildman–Crippen LogP) is 4.13. The van der Waals surface area contributed by atoms with Crippen LogP contribution in [0.15, 0.2) is 29.4 Å². The molecule has 0 N–H and O–H groups in total. The largest absolute Gasteiger partial charge is 0.378 e. The first-order valence-electron chi connectivity index (χ1n) is 11.1. The molecule has 4 rings (SSSR count). The monoisotopic (exact) mass is 453 g/mol. The van der Waals surface area contributed by atoms with Gasteiger partial charge < -0.3 is 14.2 Å². The predicted molar refractivity (Wildman–Crippen MR) is 128 cm³/mol. The third-order valence-electron chi connectivity index (χ3n) is 5.84. The van der Waals surface area contributed by atoms with E-state index in [1.807, 2.05) is 13.0 Å². The second kappa shape index (κ2) is 9.50. The Labute approximate surface area is 193 Å². The smallest absolute Gasteiger partial charge is 0.228 e. The highest BCUT2D eigenvalue weighted by Gasteiger charge is 2.22. The lowest BCUT2D eigenvalue weighted by Gasteiger charge is -2.27. The average Bonchev–Trinajstić information content (AvgIpc) is 3.31. The van der Waals surface area contributed by atoms with Crippen LogP contribution in [0.4, 0.5) is 5.95 Å². The van der Waals surface area contributed by atoms with Gasteiger partial charge in [0.1, 0.15) is 0 Å². The number of morpholine rings is 1. The van der Waals surface area contributed by atoms with Gasteiger partial charge in [-0.2, -0.15) is 0 Å². The molecule has 0 unspecified atom stereocenters. The first kappa shape index (κ1) is 22.6. The van der Waals surface area contributed by atoms with Gasteiger partial charge in [0.05, 0.1) is 19.0 Å². The van der Waals surface area contributed by atoms with E-state index in [9.17, 15) is 4.79 Å². The van der Waals surface area contributed by atoms with Crippen LogP contribution in [0.25, 0.3) is 5.69 Å². The third kappa shape index (κ3) is 4.47. The number of aromatic nitrogens is 4. The van der Waals surface area contributed by atoms with Crippen LogP contribution in [0.1, 0.15) is 39.8 Å². The molecule has 2 aromatic heterocycles. The van der Waals surface area contributed by atoms with Crippen LogP contribution < -0.4 is 4.90 Å². The summed E-state index contributed by atoms with van der Waals surface area (Å²) in [5, 5.41) is 9.56. The molecule has 0 bridgehead atoms. The fourth-order valence-electron chi connectivity index (χ4n) is 4.39. The van der Waals surface area contributed by atoms with Gasteiger partial charge >= 0.3 is 0 Å². The fraction of sp³-hybridized carbons (Fsp3) is 0.458. The van der Waals surface area contributed by atoms with Crippen LogP contribution >= 0.6 is 11.8 Å². The number of carbonyl (C=O) groups excluding carboxylic acids is 1. The molecule has 8 heteroatoms. The van der Waals surface area contributed by atoms with Crippen LogP contribution in [0.2, 0.25) is 0 Å². The zero-order valence-corrected chi connectivity index (χ0v) is 20.3. The number of Topliss-reactive ketones (excluding diaryl/α,β-unsaturated/α-hetero) is 1. The van der Waals surface area contributed by atoms with Gasteiger partial charge in [-0.05, 0) is 63.9 Å². The van der Waals surface area contributed by atoms with E-state index < -0.39 is 0 Å². The second-order valence-electron chi connectivity index (χ2n) is 8.30. The highest BCUT2D eigenvalue weighted by Crippen LogP contribution is 2.27. The molecule has 3 heterocycles. The molecule has 1 aliphatic rings. The number of hydrogen-bond acceptors (Lipinski definition) is 6. The molecule has 1 aliphatic heterocycles. The minimum atomic E-state index is 0.109. The number of rotatable bonds is 7. The van der Waals surface area contributed by atoms with Crippen molar-refractivity contribution in [1.82, 2.24) is 19.3 Å². The van der Waals surface area contributed by atoms with Crippen molar-refractivity contribution < 1.29 is 9.53 Å². The molecule has 0 aliphatic carbocycles. The summed E-state index contributed by atoms with van der Waals surface area (Å²) in [6.07, 6.45) is 0. The zero-order valence-electron chi connectivity index (χ0n) is 19.5. The number of hydrogen-bond donors (Lipinski definition) is 0. The van der Waals surface area contributed by atoms with Crippen molar-refractivity contribution in [2.24, 2.45) is 0 Å². The van der Waals surface area contributed by atoms with Gasteiger partial charge in [0.15, 0.2) is 10.9 Å². The number of ether oxygens (including phenoxy) is 1. The molecule has 3 aromatic rings. The Balaban J connectivity index is 1.52.